The van der Waals surface area contributed by atoms with Crippen LogP contribution in [0.5, 0.6) is 0 Å². The Kier molecular flexibility index (Phi) is 7.81. The molecular formula is C13H28N2O. The van der Waals surface area contributed by atoms with Crippen LogP contribution in [0.2, 0.25) is 0 Å². The first-order chi connectivity index (χ1) is 7.86. The lowest BCUT2D eigenvalue weighted by Crippen LogP contribution is -2.31. The molecule has 1 rings (SSSR count). The van der Waals surface area contributed by atoms with Gasteiger partial charge in [0.25, 0.3) is 0 Å². The Hall–Kier alpha value is -0.120. The van der Waals surface area contributed by atoms with Gasteiger partial charge in [-0.2, -0.15) is 0 Å². The molecule has 1 heterocycles. The first-order valence-corrected chi connectivity index (χ1v) is 6.87. The fourth-order valence-electron chi connectivity index (χ4n) is 2.26. The summed E-state index contributed by atoms with van der Waals surface area (Å²) in [4.78, 5) is 2.40. The van der Waals surface area contributed by atoms with Crippen LogP contribution >= 0.6 is 0 Å². The smallest absolute Gasteiger partial charge is 0.0593 e. The first kappa shape index (κ1) is 13.9. The summed E-state index contributed by atoms with van der Waals surface area (Å²) >= 11 is 0. The van der Waals surface area contributed by atoms with Crippen LogP contribution in [0, 0.1) is 5.92 Å². The molecule has 3 nitrogen and oxygen atoms in total. The van der Waals surface area contributed by atoms with Crippen LogP contribution in [-0.4, -0.2) is 50.8 Å². The van der Waals surface area contributed by atoms with E-state index >= 15 is 0 Å². The second kappa shape index (κ2) is 8.97. The van der Waals surface area contributed by atoms with Crippen molar-refractivity contribution in [1.82, 2.24) is 10.2 Å². The van der Waals surface area contributed by atoms with Gasteiger partial charge in [0.05, 0.1) is 6.61 Å². The monoisotopic (exact) mass is 228 g/mol. The Bertz CT molecular complexity index is 154. The van der Waals surface area contributed by atoms with Crippen molar-refractivity contribution in [1.29, 1.82) is 0 Å². The van der Waals surface area contributed by atoms with E-state index in [-0.39, 0.29) is 0 Å². The predicted molar refractivity (Wildman–Crippen MR) is 68.8 cm³/mol. The van der Waals surface area contributed by atoms with Crippen molar-refractivity contribution in [3.05, 3.63) is 0 Å². The molecule has 1 fully saturated rings. The van der Waals surface area contributed by atoms with E-state index in [1.165, 1.54) is 32.4 Å². The van der Waals surface area contributed by atoms with Crippen LogP contribution in [0.4, 0.5) is 0 Å². The van der Waals surface area contributed by atoms with E-state index in [4.69, 9.17) is 4.74 Å². The highest BCUT2D eigenvalue weighted by Gasteiger charge is 2.12. The average Bonchev–Trinajstić information content (AvgIpc) is 2.35. The molecule has 0 bridgehead atoms. The van der Waals surface area contributed by atoms with Crippen molar-refractivity contribution in [3.63, 3.8) is 0 Å². The minimum atomic E-state index is 0.849. The van der Waals surface area contributed by atoms with E-state index in [9.17, 15) is 0 Å². The number of nitrogens with zero attached hydrogens (tertiary/aromatic N) is 1. The summed E-state index contributed by atoms with van der Waals surface area (Å²) in [7, 11) is 0. The molecule has 1 saturated heterocycles. The van der Waals surface area contributed by atoms with Gasteiger partial charge in [-0.25, -0.2) is 0 Å². The van der Waals surface area contributed by atoms with Gasteiger partial charge in [0.2, 0.25) is 0 Å². The van der Waals surface area contributed by atoms with Gasteiger partial charge in [-0.15, -0.1) is 0 Å². The summed E-state index contributed by atoms with van der Waals surface area (Å²) in [5.74, 6) is 0.849. The molecule has 0 aromatic rings. The lowest BCUT2D eigenvalue weighted by atomic mass is 9.97. The SMILES string of the molecule is CCN(CC)CCOCCC1CCCNC1. The standard InChI is InChI=1S/C13H28N2O/c1-3-15(4-2)9-11-16-10-7-13-6-5-8-14-12-13/h13-14H,3-12H2,1-2H3. The number of piperidine rings is 1. The molecule has 1 atom stereocenters. The summed E-state index contributed by atoms with van der Waals surface area (Å²) in [5, 5.41) is 3.45. The molecule has 0 aromatic carbocycles. The average molecular weight is 228 g/mol. The fourth-order valence-corrected chi connectivity index (χ4v) is 2.26. The fraction of sp³-hybridized carbons (Fsp3) is 1.00. The van der Waals surface area contributed by atoms with Crippen LogP contribution in [0.3, 0.4) is 0 Å². The maximum atomic E-state index is 5.70. The molecular weight excluding hydrogens is 200 g/mol. The van der Waals surface area contributed by atoms with Crippen molar-refractivity contribution in [2.24, 2.45) is 5.92 Å². The third-order valence-electron chi connectivity index (χ3n) is 3.52. The molecule has 0 saturated carbocycles. The van der Waals surface area contributed by atoms with Gasteiger partial charge in [-0.1, -0.05) is 13.8 Å². The van der Waals surface area contributed by atoms with Gasteiger partial charge in [0.1, 0.15) is 0 Å². The van der Waals surface area contributed by atoms with E-state index < -0.39 is 0 Å². The maximum Gasteiger partial charge on any atom is 0.0593 e. The number of hydrogen-bond acceptors (Lipinski definition) is 3. The third-order valence-corrected chi connectivity index (χ3v) is 3.52. The summed E-state index contributed by atoms with van der Waals surface area (Å²) in [6, 6.07) is 0. The molecule has 0 spiro atoms. The molecule has 1 aliphatic rings. The summed E-state index contributed by atoms with van der Waals surface area (Å²) in [6.45, 7) is 12.0. The summed E-state index contributed by atoms with van der Waals surface area (Å²) in [5.41, 5.74) is 0. The minimum Gasteiger partial charge on any atom is -0.380 e. The van der Waals surface area contributed by atoms with Gasteiger partial charge < -0.3 is 15.0 Å². The molecule has 0 aromatic heterocycles. The zero-order valence-corrected chi connectivity index (χ0v) is 11.0. The van der Waals surface area contributed by atoms with Crippen LogP contribution in [0.1, 0.15) is 33.1 Å². The normalized spacial score (nSPS) is 21.6. The highest BCUT2D eigenvalue weighted by molar-refractivity contribution is 4.68. The van der Waals surface area contributed by atoms with Gasteiger partial charge in [0, 0.05) is 13.2 Å². The number of ether oxygens (including phenoxy) is 1. The Morgan fingerprint density at radius 3 is 2.69 bits per heavy atom. The van der Waals surface area contributed by atoms with Crippen molar-refractivity contribution >= 4 is 0 Å². The van der Waals surface area contributed by atoms with Crippen molar-refractivity contribution in [2.75, 3.05) is 45.9 Å². The quantitative estimate of drug-likeness (QED) is 0.640. The lowest BCUT2D eigenvalue weighted by molar-refractivity contribution is 0.0936. The molecule has 1 aliphatic heterocycles. The number of nitrogens with one attached hydrogen (secondary N) is 1. The third kappa shape index (κ3) is 5.83. The molecule has 0 amide bonds. The van der Waals surface area contributed by atoms with Gasteiger partial charge in [0.15, 0.2) is 0 Å². The molecule has 3 heteroatoms. The van der Waals surface area contributed by atoms with E-state index in [0.717, 1.165) is 38.8 Å². The first-order valence-electron chi connectivity index (χ1n) is 6.87. The minimum absolute atomic E-state index is 0.849. The highest BCUT2D eigenvalue weighted by Crippen LogP contribution is 2.13. The van der Waals surface area contributed by atoms with E-state index in [2.05, 4.69) is 24.1 Å². The number of likely N-dealkylation sites (N-methyl/N-ethyl adjacent to an activating group) is 1. The maximum absolute atomic E-state index is 5.70. The highest BCUT2D eigenvalue weighted by atomic mass is 16.5. The second-order valence-electron chi connectivity index (χ2n) is 4.64. The molecule has 1 N–H and O–H groups in total. The van der Waals surface area contributed by atoms with Gasteiger partial charge in [-0.05, 0) is 51.4 Å². The van der Waals surface area contributed by atoms with Crippen LogP contribution < -0.4 is 5.32 Å². The Morgan fingerprint density at radius 1 is 1.25 bits per heavy atom. The van der Waals surface area contributed by atoms with Crippen molar-refractivity contribution in [3.8, 4) is 0 Å². The van der Waals surface area contributed by atoms with Crippen LogP contribution in [0.25, 0.3) is 0 Å². The largest absolute Gasteiger partial charge is 0.380 e. The Balaban J connectivity index is 1.90. The molecule has 1 unspecified atom stereocenters. The topological polar surface area (TPSA) is 24.5 Å². The van der Waals surface area contributed by atoms with Crippen LogP contribution in [-0.2, 0) is 4.74 Å². The Labute approximate surface area is 101 Å². The molecule has 0 aliphatic carbocycles. The predicted octanol–water partition coefficient (Wildman–Crippen LogP) is 1.73. The number of hydrogen-bond donors (Lipinski definition) is 1. The summed E-state index contributed by atoms with van der Waals surface area (Å²) in [6.07, 6.45) is 3.95. The van der Waals surface area contributed by atoms with E-state index in [0.29, 0.717) is 0 Å². The van der Waals surface area contributed by atoms with E-state index in [1.54, 1.807) is 0 Å². The molecule has 0 radical (unpaired) electrons. The van der Waals surface area contributed by atoms with Crippen LogP contribution in [0.15, 0.2) is 0 Å². The zero-order valence-electron chi connectivity index (χ0n) is 11.0. The lowest BCUT2D eigenvalue weighted by Gasteiger charge is -2.23. The van der Waals surface area contributed by atoms with E-state index in [1.807, 2.05) is 0 Å². The zero-order chi connectivity index (χ0) is 11.6. The Morgan fingerprint density at radius 2 is 2.06 bits per heavy atom. The van der Waals surface area contributed by atoms with Crippen molar-refractivity contribution < 1.29 is 4.74 Å². The molecule has 96 valence electrons. The molecule has 16 heavy (non-hydrogen) atoms. The van der Waals surface area contributed by atoms with Gasteiger partial charge >= 0.3 is 0 Å². The summed E-state index contributed by atoms with van der Waals surface area (Å²) < 4.78 is 5.70. The second-order valence-corrected chi connectivity index (χ2v) is 4.64. The van der Waals surface area contributed by atoms with Gasteiger partial charge in [-0.3, -0.25) is 0 Å². The number of rotatable bonds is 8. The van der Waals surface area contributed by atoms with Crippen molar-refractivity contribution in [2.45, 2.75) is 33.1 Å².